The Hall–Kier alpha value is -1.02. The molecule has 0 radical (unpaired) electrons. The van der Waals surface area contributed by atoms with Gasteiger partial charge in [-0.3, -0.25) is 4.79 Å². The van der Waals surface area contributed by atoms with Gasteiger partial charge in [-0.05, 0) is 12.1 Å². The lowest BCUT2D eigenvalue weighted by molar-refractivity contribution is -0.118. The predicted molar refractivity (Wildman–Crippen MR) is 59.8 cm³/mol. The second-order valence-electron chi connectivity index (χ2n) is 2.92. The number of amides is 1. The van der Waals surface area contributed by atoms with Crippen molar-refractivity contribution in [1.82, 2.24) is 0 Å². The first-order chi connectivity index (χ1) is 6.79. The monoisotopic (exact) mass is 211 g/mol. The highest BCUT2D eigenvalue weighted by atomic mass is 35.5. The molecule has 0 saturated heterocycles. The maximum Gasteiger partial charge on any atom is 0.226 e. The molecule has 1 aromatic rings. The molecule has 0 aliphatic carbocycles. The topological polar surface area (TPSA) is 20.3 Å². The van der Waals surface area contributed by atoms with Crippen molar-refractivity contribution in [3.63, 3.8) is 0 Å². The second-order valence-corrected chi connectivity index (χ2v) is 3.30. The lowest BCUT2D eigenvalue weighted by atomic mass is 10.2. The maximum atomic E-state index is 11.6. The van der Waals surface area contributed by atoms with E-state index in [-0.39, 0.29) is 5.91 Å². The number of carbonyl (C=O) groups is 1. The lowest BCUT2D eigenvalue weighted by Gasteiger charge is -2.20. The summed E-state index contributed by atoms with van der Waals surface area (Å²) in [6.45, 7) is 2.42. The number of alkyl halides is 1. The minimum absolute atomic E-state index is 0.108. The van der Waals surface area contributed by atoms with Crippen LogP contribution in [0.15, 0.2) is 30.3 Å². The van der Waals surface area contributed by atoms with Crippen LogP contribution < -0.4 is 4.90 Å². The van der Waals surface area contributed by atoms with E-state index in [1.54, 1.807) is 4.90 Å². The summed E-state index contributed by atoms with van der Waals surface area (Å²) in [7, 11) is 0. The van der Waals surface area contributed by atoms with E-state index in [4.69, 9.17) is 11.6 Å². The molecule has 3 heteroatoms. The van der Waals surface area contributed by atoms with Gasteiger partial charge in [0.2, 0.25) is 5.91 Å². The number of nitrogens with zero attached hydrogens (tertiary/aromatic N) is 1. The van der Waals surface area contributed by atoms with Crippen molar-refractivity contribution in [2.24, 2.45) is 0 Å². The molecule has 0 heterocycles. The van der Waals surface area contributed by atoms with Gasteiger partial charge in [0.05, 0.1) is 0 Å². The Morgan fingerprint density at radius 2 is 2.00 bits per heavy atom. The van der Waals surface area contributed by atoms with Crippen molar-refractivity contribution >= 4 is 23.2 Å². The van der Waals surface area contributed by atoms with Crippen molar-refractivity contribution in [3.05, 3.63) is 30.3 Å². The summed E-state index contributed by atoms with van der Waals surface area (Å²) < 4.78 is 0. The Labute approximate surface area is 89.5 Å². The first-order valence-corrected chi connectivity index (χ1v) is 5.24. The van der Waals surface area contributed by atoms with Gasteiger partial charge in [-0.2, -0.15) is 0 Å². The molecule has 76 valence electrons. The summed E-state index contributed by atoms with van der Waals surface area (Å²) in [5.41, 5.74) is 0.917. The molecular weight excluding hydrogens is 198 g/mol. The van der Waals surface area contributed by atoms with E-state index in [0.29, 0.717) is 18.8 Å². The molecule has 0 unspecified atom stereocenters. The van der Waals surface area contributed by atoms with E-state index >= 15 is 0 Å². The molecule has 0 fully saturated rings. The van der Waals surface area contributed by atoms with Gasteiger partial charge in [-0.25, -0.2) is 0 Å². The molecular formula is C11H14ClNO. The van der Waals surface area contributed by atoms with E-state index in [1.807, 2.05) is 37.3 Å². The zero-order valence-corrected chi connectivity index (χ0v) is 9.00. The predicted octanol–water partition coefficient (Wildman–Crippen LogP) is 2.67. The highest BCUT2D eigenvalue weighted by Gasteiger charge is 2.11. The zero-order valence-electron chi connectivity index (χ0n) is 8.24. The van der Waals surface area contributed by atoms with Gasteiger partial charge in [0.1, 0.15) is 0 Å². The van der Waals surface area contributed by atoms with E-state index in [2.05, 4.69) is 0 Å². The van der Waals surface area contributed by atoms with Gasteiger partial charge < -0.3 is 4.90 Å². The van der Waals surface area contributed by atoms with Gasteiger partial charge in [0.25, 0.3) is 0 Å². The third-order valence-corrected chi connectivity index (χ3v) is 2.15. The molecule has 1 amide bonds. The molecule has 0 aromatic heterocycles. The molecule has 1 aromatic carbocycles. The molecule has 1 rings (SSSR count). The number of hydrogen-bond donors (Lipinski definition) is 0. The number of halogens is 1. The Balaban J connectivity index is 2.83. The largest absolute Gasteiger partial charge is 0.311 e. The van der Waals surface area contributed by atoms with Crippen molar-refractivity contribution in [2.75, 3.05) is 17.3 Å². The van der Waals surface area contributed by atoms with Gasteiger partial charge >= 0.3 is 0 Å². The first kappa shape index (κ1) is 11.1. The Bertz CT molecular complexity index is 287. The summed E-state index contributed by atoms with van der Waals surface area (Å²) in [6.07, 6.45) is 0.506. The second kappa shape index (κ2) is 5.66. The van der Waals surface area contributed by atoms with Crippen molar-refractivity contribution in [3.8, 4) is 0 Å². The highest BCUT2D eigenvalue weighted by Crippen LogP contribution is 2.14. The fourth-order valence-electron chi connectivity index (χ4n) is 1.28. The quantitative estimate of drug-likeness (QED) is 0.702. The molecule has 0 aliphatic heterocycles. The Morgan fingerprint density at radius 3 is 2.50 bits per heavy atom. The number of hydrogen-bond acceptors (Lipinski definition) is 1. The van der Waals surface area contributed by atoms with Crippen LogP contribution in [0.3, 0.4) is 0 Å². The third kappa shape index (κ3) is 2.74. The number of carbonyl (C=O) groups excluding carboxylic acids is 1. The average Bonchev–Trinajstić information content (AvgIpc) is 2.26. The summed E-state index contributed by atoms with van der Waals surface area (Å²) in [5.74, 6) is 0.567. The van der Waals surface area contributed by atoms with Crippen molar-refractivity contribution in [2.45, 2.75) is 13.3 Å². The minimum Gasteiger partial charge on any atom is -0.311 e. The van der Waals surface area contributed by atoms with Gasteiger partial charge in [0, 0.05) is 24.5 Å². The number of anilines is 1. The summed E-state index contributed by atoms with van der Waals surface area (Å²) in [4.78, 5) is 13.3. The molecule has 0 spiro atoms. The highest BCUT2D eigenvalue weighted by molar-refractivity contribution is 6.18. The van der Waals surface area contributed by atoms with Crippen LogP contribution in [0.5, 0.6) is 0 Å². The van der Waals surface area contributed by atoms with Gasteiger partial charge in [-0.1, -0.05) is 25.1 Å². The summed E-state index contributed by atoms with van der Waals surface area (Å²) in [5, 5.41) is 0. The van der Waals surface area contributed by atoms with Crippen LogP contribution >= 0.6 is 11.6 Å². The van der Waals surface area contributed by atoms with Crippen LogP contribution in [0, 0.1) is 0 Å². The third-order valence-electron chi connectivity index (χ3n) is 1.98. The molecule has 14 heavy (non-hydrogen) atoms. The fourth-order valence-corrected chi connectivity index (χ4v) is 1.45. The van der Waals surface area contributed by atoms with E-state index in [9.17, 15) is 4.79 Å². The number of benzene rings is 1. The van der Waals surface area contributed by atoms with E-state index < -0.39 is 0 Å². The summed E-state index contributed by atoms with van der Waals surface area (Å²) in [6, 6.07) is 9.60. The minimum atomic E-state index is 0.108. The van der Waals surface area contributed by atoms with Crippen molar-refractivity contribution < 1.29 is 4.79 Å². The van der Waals surface area contributed by atoms with Gasteiger partial charge in [0.15, 0.2) is 0 Å². The first-order valence-electron chi connectivity index (χ1n) is 4.71. The van der Waals surface area contributed by atoms with Crippen LogP contribution in [0.4, 0.5) is 5.69 Å². The molecule has 0 atom stereocenters. The average molecular weight is 212 g/mol. The van der Waals surface area contributed by atoms with Crippen LogP contribution in [0.1, 0.15) is 13.3 Å². The van der Waals surface area contributed by atoms with Crippen molar-refractivity contribution in [1.29, 1.82) is 0 Å². The molecule has 0 N–H and O–H groups in total. The number of para-hydroxylation sites is 1. The van der Waals surface area contributed by atoms with Crippen LogP contribution in [0.25, 0.3) is 0 Å². The molecule has 0 aliphatic rings. The fraction of sp³-hybridized carbons (Fsp3) is 0.364. The standard InChI is InChI=1S/C11H14ClNO/c1-2-11(14)13(9-8-12)10-6-4-3-5-7-10/h3-7H,2,8-9H2,1H3. The van der Waals surface area contributed by atoms with Crippen LogP contribution in [-0.2, 0) is 4.79 Å². The SMILES string of the molecule is CCC(=O)N(CCCl)c1ccccc1. The van der Waals surface area contributed by atoms with Crippen LogP contribution in [0.2, 0.25) is 0 Å². The molecule has 0 bridgehead atoms. The van der Waals surface area contributed by atoms with Gasteiger partial charge in [-0.15, -0.1) is 11.6 Å². The maximum absolute atomic E-state index is 11.6. The van der Waals surface area contributed by atoms with E-state index in [1.165, 1.54) is 0 Å². The number of rotatable bonds is 4. The Kier molecular flexibility index (Phi) is 4.47. The smallest absolute Gasteiger partial charge is 0.226 e. The Morgan fingerprint density at radius 1 is 1.36 bits per heavy atom. The normalized spacial score (nSPS) is 9.86. The molecule has 0 saturated carbocycles. The summed E-state index contributed by atoms with van der Waals surface area (Å²) >= 11 is 5.65. The molecule has 2 nitrogen and oxygen atoms in total. The van der Waals surface area contributed by atoms with E-state index in [0.717, 1.165) is 5.69 Å². The zero-order chi connectivity index (χ0) is 10.4. The lowest BCUT2D eigenvalue weighted by Crippen LogP contribution is -2.31. The van der Waals surface area contributed by atoms with Crippen LogP contribution in [-0.4, -0.2) is 18.3 Å².